The second kappa shape index (κ2) is 12.6. The van der Waals surface area contributed by atoms with Gasteiger partial charge in [-0.15, -0.1) is 0 Å². The van der Waals surface area contributed by atoms with Crippen LogP contribution in [0.5, 0.6) is 17.2 Å². The van der Waals surface area contributed by atoms with Gasteiger partial charge in [0.15, 0.2) is 18.1 Å². The van der Waals surface area contributed by atoms with Crippen LogP contribution in [0, 0.1) is 0 Å². The van der Waals surface area contributed by atoms with Crippen LogP contribution in [0.1, 0.15) is 18.9 Å². The molecule has 166 valence electrons. The van der Waals surface area contributed by atoms with E-state index in [-0.39, 0.29) is 18.9 Å². The number of benzene rings is 2. The van der Waals surface area contributed by atoms with E-state index >= 15 is 0 Å². The van der Waals surface area contributed by atoms with Crippen LogP contribution in [0.3, 0.4) is 0 Å². The van der Waals surface area contributed by atoms with Gasteiger partial charge in [-0.1, -0.05) is 22.0 Å². The Kier molecular flexibility index (Phi) is 9.83. The first-order valence-electron chi connectivity index (χ1n) is 9.59. The fraction of sp³-hybridized carbons (Fsp3) is 0.318. The van der Waals surface area contributed by atoms with Gasteiger partial charge in [-0.3, -0.25) is 9.59 Å². The molecule has 0 spiro atoms. The Morgan fingerprint density at radius 2 is 1.71 bits per heavy atom. The number of rotatable bonds is 11. The highest BCUT2D eigenvalue weighted by molar-refractivity contribution is 9.10. The van der Waals surface area contributed by atoms with E-state index in [2.05, 4.69) is 31.8 Å². The first-order chi connectivity index (χ1) is 14.9. The summed E-state index contributed by atoms with van der Waals surface area (Å²) in [6.45, 7) is 1.97. The van der Waals surface area contributed by atoms with E-state index in [1.54, 1.807) is 33.3 Å². The summed E-state index contributed by atoms with van der Waals surface area (Å²) in [4.78, 5) is 23.9. The molecule has 0 saturated heterocycles. The maximum atomic E-state index is 12.1. The van der Waals surface area contributed by atoms with Crippen molar-refractivity contribution in [2.75, 3.05) is 27.4 Å². The number of methoxy groups -OCH3 is 2. The van der Waals surface area contributed by atoms with E-state index in [9.17, 15) is 9.59 Å². The maximum absolute atomic E-state index is 12.1. The topological polar surface area (TPSA) is 98.2 Å². The number of hydrazone groups is 1. The summed E-state index contributed by atoms with van der Waals surface area (Å²) < 4.78 is 16.8. The van der Waals surface area contributed by atoms with Crippen LogP contribution in [0.15, 0.2) is 52.0 Å². The number of carbonyl (C=O) groups is 2. The molecule has 0 fully saturated rings. The molecule has 31 heavy (non-hydrogen) atoms. The number of carbonyl (C=O) groups excluding carboxylic acids is 2. The van der Waals surface area contributed by atoms with Gasteiger partial charge in [-0.05, 0) is 55.3 Å². The zero-order valence-electron chi connectivity index (χ0n) is 17.7. The average Bonchev–Trinajstić information content (AvgIpc) is 2.77. The van der Waals surface area contributed by atoms with Crippen molar-refractivity contribution >= 4 is 33.5 Å². The lowest BCUT2D eigenvalue weighted by molar-refractivity contribution is -0.123. The normalized spacial score (nSPS) is 10.9. The molecule has 2 aromatic carbocycles. The molecule has 2 N–H and O–H groups in total. The number of nitrogens with one attached hydrogen (secondary N) is 2. The third-order valence-corrected chi connectivity index (χ3v) is 4.68. The molecule has 8 nitrogen and oxygen atoms in total. The SMILES string of the molecule is COc1ccc(CCNC(=O)C/C(C)=N/NC(=O)COc2ccc(Br)cc2)cc1OC. The summed E-state index contributed by atoms with van der Waals surface area (Å²) in [6.07, 6.45) is 0.728. The van der Waals surface area contributed by atoms with Crippen molar-refractivity contribution in [3.63, 3.8) is 0 Å². The van der Waals surface area contributed by atoms with Gasteiger partial charge in [0.25, 0.3) is 5.91 Å². The van der Waals surface area contributed by atoms with Gasteiger partial charge < -0.3 is 19.5 Å². The minimum absolute atomic E-state index is 0.0831. The van der Waals surface area contributed by atoms with Crippen LogP contribution < -0.4 is 25.0 Å². The van der Waals surface area contributed by atoms with Gasteiger partial charge in [0.1, 0.15) is 5.75 Å². The molecule has 0 bridgehead atoms. The summed E-state index contributed by atoms with van der Waals surface area (Å²) >= 11 is 3.33. The van der Waals surface area contributed by atoms with Crippen molar-refractivity contribution in [2.45, 2.75) is 19.8 Å². The first-order valence-corrected chi connectivity index (χ1v) is 10.4. The molecule has 0 aliphatic rings. The second-order valence-electron chi connectivity index (χ2n) is 6.59. The van der Waals surface area contributed by atoms with Gasteiger partial charge in [-0.2, -0.15) is 5.10 Å². The molecule has 9 heteroatoms. The number of ether oxygens (including phenoxy) is 3. The average molecular weight is 492 g/mol. The minimum Gasteiger partial charge on any atom is -0.493 e. The zero-order chi connectivity index (χ0) is 22.6. The molecule has 0 radical (unpaired) electrons. The molecule has 0 atom stereocenters. The van der Waals surface area contributed by atoms with E-state index in [0.29, 0.717) is 35.9 Å². The van der Waals surface area contributed by atoms with E-state index in [1.807, 2.05) is 30.3 Å². The van der Waals surface area contributed by atoms with Crippen molar-refractivity contribution in [1.29, 1.82) is 0 Å². The number of halogens is 1. The van der Waals surface area contributed by atoms with Crippen LogP contribution >= 0.6 is 15.9 Å². The van der Waals surface area contributed by atoms with Crippen LogP contribution in [0.25, 0.3) is 0 Å². The molecule has 0 aliphatic carbocycles. The minimum atomic E-state index is -0.406. The summed E-state index contributed by atoms with van der Waals surface area (Å²) in [5.41, 5.74) is 3.89. The highest BCUT2D eigenvalue weighted by Crippen LogP contribution is 2.27. The Morgan fingerprint density at radius 3 is 2.39 bits per heavy atom. The van der Waals surface area contributed by atoms with Crippen molar-refractivity contribution in [1.82, 2.24) is 10.7 Å². The molecule has 2 amide bonds. The zero-order valence-corrected chi connectivity index (χ0v) is 19.3. The summed E-state index contributed by atoms with van der Waals surface area (Å²) in [7, 11) is 3.16. The third-order valence-electron chi connectivity index (χ3n) is 4.16. The molecule has 2 rings (SSSR count). The summed E-state index contributed by atoms with van der Waals surface area (Å²) in [5, 5.41) is 6.77. The second-order valence-corrected chi connectivity index (χ2v) is 7.51. The number of hydrogen-bond donors (Lipinski definition) is 2. The summed E-state index contributed by atoms with van der Waals surface area (Å²) in [5.74, 6) is 1.30. The molecule has 0 aliphatic heterocycles. The lowest BCUT2D eigenvalue weighted by atomic mass is 10.1. The molecule has 0 unspecified atom stereocenters. The molecular formula is C22H26BrN3O5. The number of hydrogen-bond acceptors (Lipinski definition) is 6. The molecular weight excluding hydrogens is 466 g/mol. The Labute approximate surface area is 190 Å². The van der Waals surface area contributed by atoms with Crippen molar-refractivity contribution in [3.8, 4) is 17.2 Å². The predicted molar refractivity (Wildman–Crippen MR) is 122 cm³/mol. The van der Waals surface area contributed by atoms with E-state index in [4.69, 9.17) is 14.2 Å². The van der Waals surface area contributed by atoms with Crippen LogP contribution in [-0.4, -0.2) is 44.9 Å². The summed E-state index contributed by atoms with van der Waals surface area (Å²) in [6, 6.07) is 12.8. The lowest BCUT2D eigenvalue weighted by Gasteiger charge is -2.10. The molecule has 0 heterocycles. The van der Waals surface area contributed by atoms with Gasteiger partial charge in [0.05, 0.1) is 20.6 Å². The van der Waals surface area contributed by atoms with E-state index < -0.39 is 5.91 Å². The third kappa shape index (κ3) is 8.67. The molecule has 0 aromatic heterocycles. The van der Waals surface area contributed by atoms with Crippen molar-refractivity contribution < 1.29 is 23.8 Å². The largest absolute Gasteiger partial charge is 0.493 e. The molecule has 0 saturated carbocycles. The fourth-order valence-corrected chi connectivity index (χ4v) is 2.85. The van der Waals surface area contributed by atoms with Gasteiger partial charge in [0, 0.05) is 16.7 Å². The fourth-order valence-electron chi connectivity index (χ4n) is 2.59. The Balaban J connectivity index is 1.69. The highest BCUT2D eigenvalue weighted by Gasteiger charge is 2.07. The lowest BCUT2D eigenvalue weighted by Crippen LogP contribution is -2.29. The van der Waals surface area contributed by atoms with Gasteiger partial charge in [0.2, 0.25) is 5.91 Å². The quantitative estimate of drug-likeness (QED) is 0.371. The van der Waals surface area contributed by atoms with Crippen molar-refractivity contribution in [2.24, 2.45) is 5.10 Å². The smallest absolute Gasteiger partial charge is 0.277 e. The van der Waals surface area contributed by atoms with Gasteiger partial charge >= 0.3 is 0 Å². The van der Waals surface area contributed by atoms with E-state index in [1.165, 1.54) is 0 Å². The van der Waals surface area contributed by atoms with Gasteiger partial charge in [-0.25, -0.2) is 5.43 Å². The Morgan fingerprint density at radius 1 is 1.00 bits per heavy atom. The predicted octanol–water partition coefficient (Wildman–Crippen LogP) is 3.09. The van der Waals surface area contributed by atoms with E-state index in [0.717, 1.165) is 10.0 Å². The Bertz CT molecular complexity index is 916. The molecule has 2 aromatic rings. The first kappa shape index (κ1) is 24.2. The van der Waals surface area contributed by atoms with Crippen LogP contribution in [0.4, 0.5) is 0 Å². The maximum Gasteiger partial charge on any atom is 0.277 e. The number of nitrogens with zero attached hydrogens (tertiary/aromatic N) is 1. The number of amides is 2. The monoisotopic (exact) mass is 491 g/mol. The van der Waals surface area contributed by atoms with Crippen LogP contribution in [0.2, 0.25) is 0 Å². The highest BCUT2D eigenvalue weighted by atomic mass is 79.9. The Hall–Kier alpha value is -3.07. The van der Waals surface area contributed by atoms with Crippen molar-refractivity contribution in [3.05, 3.63) is 52.5 Å². The standard InChI is InChI=1S/C22H26BrN3O5/c1-15(25-26-22(28)14-31-18-7-5-17(23)6-8-18)12-21(27)24-11-10-16-4-9-19(29-2)20(13-16)30-3/h4-9,13H,10-12,14H2,1-3H3,(H,24,27)(H,26,28)/b25-15+. The van der Waals surface area contributed by atoms with Crippen LogP contribution in [-0.2, 0) is 16.0 Å².